The number of benzene rings is 1. The van der Waals surface area contributed by atoms with Crippen molar-refractivity contribution in [1.82, 2.24) is 5.32 Å². The summed E-state index contributed by atoms with van der Waals surface area (Å²) in [5.41, 5.74) is 0.550. The molecule has 3 N–H and O–H groups in total. The zero-order chi connectivity index (χ0) is 15.1. The second-order valence-electron chi connectivity index (χ2n) is 4.13. The van der Waals surface area contributed by atoms with Gasteiger partial charge in [-0.25, -0.2) is 0 Å². The van der Waals surface area contributed by atoms with Crippen molar-refractivity contribution in [2.45, 2.75) is 19.9 Å². The van der Waals surface area contributed by atoms with Crippen LogP contribution in [0.5, 0.6) is 5.75 Å². The fourth-order valence-corrected chi connectivity index (χ4v) is 1.36. The lowest BCUT2D eigenvalue weighted by molar-refractivity contribution is -0.141. The third-order valence-electron chi connectivity index (χ3n) is 2.27. The minimum Gasteiger partial charge on any atom is -0.484 e. The first kappa shape index (κ1) is 15.5. The van der Waals surface area contributed by atoms with E-state index in [4.69, 9.17) is 9.84 Å². The number of aliphatic carboxylic acids is 1. The van der Waals surface area contributed by atoms with Gasteiger partial charge in [0.05, 0.1) is 0 Å². The summed E-state index contributed by atoms with van der Waals surface area (Å²) in [5.74, 6) is -1.47. The molecule has 7 heteroatoms. The number of carbonyl (C=O) groups is 3. The molecule has 2 amide bonds. The van der Waals surface area contributed by atoms with E-state index in [-0.39, 0.29) is 12.5 Å². The van der Waals surface area contributed by atoms with Crippen molar-refractivity contribution in [1.29, 1.82) is 0 Å². The molecule has 108 valence electrons. The fraction of sp³-hybridized carbons (Fsp3) is 0.308. The van der Waals surface area contributed by atoms with E-state index in [0.29, 0.717) is 11.4 Å². The Balaban J connectivity index is 2.51. The van der Waals surface area contributed by atoms with Gasteiger partial charge < -0.3 is 20.5 Å². The number of nitrogens with one attached hydrogen (secondary N) is 2. The minimum atomic E-state index is -1.12. The van der Waals surface area contributed by atoms with Crippen molar-refractivity contribution >= 4 is 23.5 Å². The number of amides is 2. The van der Waals surface area contributed by atoms with Gasteiger partial charge in [0, 0.05) is 18.7 Å². The van der Waals surface area contributed by atoms with Gasteiger partial charge in [0.1, 0.15) is 11.8 Å². The summed E-state index contributed by atoms with van der Waals surface area (Å²) in [4.78, 5) is 32.9. The average molecular weight is 280 g/mol. The summed E-state index contributed by atoms with van der Waals surface area (Å²) in [5, 5.41) is 13.5. The second kappa shape index (κ2) is 7.13. The number of anilines is 1. The molecule has 0 spiro atoms. The van der Waals surface area contributed by atoms with Gasteiger partial charge in [0.25, 0.3) is 5.91 Å². The molecule has 1 rings (SSSR count). The van der Waals surface area contributed by atoms with Crippen LogP contribution in [0.3, 0.4) is 0 Å². The summed E-state index contributed by atoms with van der Waals surface area (Å²) in [7, 11) is 0. The highest BCUT2D eigenvalue weighted by atomic mass is 16.5. The molecule has 0 radical (unpaired) electrons. The van der Waals surface area contributed by atoms with Gasteiger partial charge in [0.2, 0.25) is 5.91 Å². The first-order valence-electron chi connectivity index (χ1n) is 5.91. The van der Waals surface area contributed by atoms with E-state index in [1.54, 1.807) is 24.3 Å². The molecule has 0 aliphatic heterocycles. The Kier molecular flexibility index (Phi) is 5.52. The predicted octanol–water partition coefficient (Wildman–Crippen LogP) is 0.613. The van der Waals surface area contributed by atoms with Gasteiger partial charge in [-0.1, -0.05) is 6.07 Å². The molecule has 0 aliphatic carbocycles. The lowest BCUT2D eigenvalue weighted by Crippen LogP contribution is -2.40. The first-order valence-corrected chi connectivity index (χ1v) is 5.91. The number of rotatable bonds is 6. The SMILES string of the molecule is CC(=O)Nc1cccc(OCC(=O)NC(C)C(=O)O)c1. The van der Waals surface area contributed by atoms with E-state index in [1.807, 2.05) is 0 Å². The Bertz CT molecular complexity index is 515. The third-order valence-corrected chi connectivity index (χ3v) is 2.27. The van der Waals surface area contributed by atoms with Crippen LogP contribution in [0, 0.1) is 0 Å². The van der Waals surface area contributed by atoms with Crippen LogP contribution in [0.4, 0.5) is 5.69 Å². The maximum Gasteiger partial charge on any atom is 0.325 e. The van der Waals surface area contributed by atoms with Crippen LogP contribution in [0.1, 0.15) is 13.8 Å². The zero-order valence-corrected chi connectivity index (χ0v) is 11.2. The van der Waals surface area contributed by atoms with Crippen LogP contribution < -0.4 is 15.4 Å². The number of hydrogen-bond acceptors (Lipinski definition) is 4. The summed E-state index contributed by atoms with van der Waals surface area (Å²) in [6.45, 7) is 2.44. The third kappa shape index (κ3) is 5.38. The molecule has 7 nitrogen and oxygen atoms in total. The van der Waals surface area contributed by atoms with Crippen LogP contribution in [-0.2, 0) is 14.4 Å². The normalized spacial score (nSPS) is 11.3. The Morgan fingerprint density at radius 2 is 2.05 bits per heavy atom. The molecule has 20 heavy (non-hydrogen) atoms. The standard InChI is InChI=1S/C13H16N2O5/c1-8(13(18)19)14-12(17)7-20-11-5-3-4-10(6-11)15-9(2)16/h3-6,8H,7H2,1-2H3,(H,14,17)(H,15,16)(H,18,19). The lowest BCUT2D eigenvalue weighted by Gasteiger charge is -2.11. The molecule has 0 saturated heterocycles. The molecule has 1 atom stereocenters. The molecule has 1 aromatic carbocycles. The maximum absolute atomic E-state index is 11.4. The van der Waals surface area contributed by atoms with Crippen molar-refractivity contribution < 1.29 is 24.2 Å². The van der Waals surface area contributed by atoms with Gasteiger partial charge in [-0.2, -0.15) is 0 Å². The second-order valence-corrected chi connectivity index (χ2v) is 4.13. The van der Waals surface area contributed by atoms with Gasteiger partial charge in [-0.15, -0.1) is 0 Å². The molecular weight excluding hydrogens is 264 g/mol. The first-order chi connectivity index (χ1) is 9.38. The average Bonchev–Trinajstić information content (AvgIpc) is 2.36. The van der Waals surface area contributed by atoms with E-state index in [0.717, 1.165) is 0 Å². The van der Waals surface area contributed by atoms with Gasteiger partial charge >= 0.3 is 5.97 Å². The summed E-state index contributed by atoms with van der Waals surface area (Å²) < 4.78 is 5.21. The highest BCUT2D eigenvalue weighted by Gasteiger charge is 2.14. The number of carbonyl (C=O) groups excluding carboxylic acids is 2. The monoisotopic (exact) mass is 280 g/mol. The molecule has 0 aliphatic rings. The molecule has 0 fully saturated rings. The topological polar surface area (TPSA) is 105 Å². The smallest absolute Gasteiger partial charge is 0.325 e. The predicted molar refractivity (Wildman–Crippen MR) is 71.5 cm³/mol. The van der Waals surface area contributed by atoms with Crippen molar-refractivity contribution in [2.75, 3.05) is 11.9 Å². The maximum atomic E-state index is 11.4. The van der Waals surface area contributed by atoms with Crippen LogP contribution in [0.15, 0.2) is 24.3 Å². The lowest BCUT2D eigenvalue weighted by atomic mass is 10.3. The van der Waals surface area contributed by atoms with Crippen LogP contribution in [-0.4, -0.2) is 35.5 Å². The number of hydrogen-bond donors (Lipinski definition) is 3. The molecular formula is C13H16N2O5. The van der Waals surface area contributed by atoms with Crippen LogP contribution in [0.2, 0.25) is 0 Å². The highest BCUT2D eigenvalue weighted by molar-refractivity contribution is 5.88. The summed E-state index contributed by atoms with van der Waals surface area (Å²) in [6, 6.07) is 5.56. The molecule has 0 aromatic heterocycles. The molecule has 0 heterocycles. The number of carboxylic acids is 1. The van der Waals surface area contributed by atoms with Crippen LogP contribution >= 0.6 is 0 Å². The summed E-state index contributed by atoms with van der Waals surface area (Å²) >= 11 is 0. The van der Waals surface area contributed by atoms with E-state index < -0.39 is 17.9 Å². The Labute approximate surface area is 115 Å². The highest BCUT2D eigenvalue weighted by Crippen LogP contribution is 2.17. The van der Waals surface area contributed by atoms with Gasteiger partial charge in [0.15, 0.2) is 6.61 Å². The Hall–Kier alpha value is -2.57. The van der Waals surface area contributed by atoms with Crippen LogP contribution in [0.25, 0.3) is 0 Å². The Morgan fingerprint density at radius 1 is 1.35 bits per heavy atom. The quantitative estimate of drug-likeness (QED) is 0.708. The van der Waals surface area contributed by atoms with Crippen molar-refractivity contribution in [2.24, 2.45) is 0 Å². The minimum absolute atomic E-state index is 0.213. The molecule has 1 aromatic rings. The van der Waals surface area contributed by atoms with E-state index in [2.05, 4.69) is 10.6 Å². The molecule has 1 unspecified atom stereocenters. The fourth-order valence-electron chi connectivity index (χ4n) is 1.36. The van der Waals surface area contributed by atoms with Crippen molar-refractivity contribution in [3.8, 4) is 5.75 Å². The number of carboxylic acid groups (broad SMARTS) is 1. The summed E-state index contributed by atoms with van der Waals surface area (Å²) in [6.07, 6.45) is 0. The Morgan fingerprint density at radius 3 is 2.65 bits per heavy atom. The molecule has 0 saturated carbocycles. The number of ether oxygens (including phenoxy) is 1. The van der Waals surface area contributed by atoms with E-state index in [9.17, 15) is 14.4 Å². The zero-order valence-electron chi connectivity index (χ0n) is 11.2. The molecule has 0 bridgehead atoms. The van der Waals surface area contributed by atoms with Crippen molar-refractivity contribution in [3.05, 3.63) is 24.3 Å². The van der Waals surface area contributed by atoms with E-state index >= 15 is 0 Å². The van der Waals surface area contributed by atoms with Gasteiger partial charge in [-0.3, -0.25) is 14.4 Å². The van der Waals surface area contributed by atoms with Gasteiger partial charge in [-0.05, 0) is 19.1 Å². The van der Waals surface area contributed by atoms with E-state index in [1.165, 1.54) is 13.8 Å². The largest absolute Gasteiger partial charge is 0.484 e. The van der Waals surface area contributed by atoms with Crippen molar-refractivity contribution in [3.63, 3.8) is 0 Å².